The Labute approximate surface area is 274 Å². The van der Waals surface area contributed by atoms with Gasteiger partial charge in [0, 0.05) is 30.3 Å². The van der Waals surface area contributed by atoms with Crippen LogP contribution in [0.3, 0.4) is 0 Å². The lowest BCUT2D eigenvalue weighted by molar-refractivity contribution is -0.0235. The number of rotatable bonds is 9. The molecule has 3 heteroatoms. The second-order valence-corrected chi connectivity index (χ2v) is 16.0. The number of allylic oxidation sites excluding steroid dienone is 1. The molecule has 3 atom stereocenters. The number of aliphatic hydroxyl groups excluding tert-OH is 1. The number of anilines is 1. The van der Waals surface area contributed by atoms with Crippen molar-refractivity contribution in [3.05, 3.63) is 101 Å². The minimum Gasteiger partial charge on any atom is -0.490 e. The summed E-state index contributed by atoms with van der Waals surface area (Å²) in [5.41, 5.74) is 12.0. The summed E-state index contributed by atoms with van der Waals surface area (Å²) >= 11 is 0. The van der Waals surface area contributed by atoms with Gasteiger partial charge in [0.2, 0.25) is 0 Å². The average molecular weight is 608 g/mol. The van der Waals surface area contributed by atoms with Crippen LogP contribution in [0.25, 0.3) is 22.5 Å². The number of nitrogens with zero attached hydrogens (tertiary/aromatic N) is 1. The second kappa shape index (κ2) is 13.2. The van der Waals surface area contributed by atoms with Crippen molar-refractivity contribution in [2.24, 2.45) is 16.7 Å². The molecule has 0 amide bonds. The minimum absolute atomic E-state index is 0.0266. The lowest BCUT2D eigenvalue weighted by Gasteiger charge is -2.39. The number of aryl methyl sites for hydroxylation is 3. The van der Waals surface area contributed by atoms with Gasteiger partial charge in [-0.05, 0) is 83.9 Å². The molecule has 0 aromatic heterocycles. The van der Waals surface area contributed by atoms with Crippen LogP contribution in [0.15, 0.2) is 67.3 Å². The minimum atomic E-state index is -0.486. The first-order valence-corrected chi connectivity index (χ1v) is 16.7. The number of ether oxygens (including phenoxy) is 1. The Morgan fingerprint density at radius 2 is 1.49 bits per heavy atom. The van der Waals surface area contributed by atoms with E-state index in [2.05, 4.69) is 155 Å². The smallest absolute Gasteiger partial charge is 0.120 e. The van der Waals surface area contributed by atoms with E-state index in [4.69, 9.17) is 4.74 Å². The fourth-order valence-electron chi connectivity index (χ4n) is 6.46. The predicted octanol–water partition coefficient (Wildman–Crippen LogP) is 11.1. The molecule has 0 bridgehead atoms. The van der Waals surface area contributed by atoms with Crippen molar-refractivity contribution < 1.29 is 9.84 Å². The highest BCUT2D eigenvalue weighted by Gasteiger charge is 2.35. The summed E-state index contributed by atoms with van der Waals surface area (Å²) in [6.07, 6.45) is 3.34. The molecule has 3 aromatic rings. The van der Waals surface area contributed by atoms with Crippen molar-refractivity contribution in [2.45, 2.75) is 107 Å². The highest BCUT2D eigenvalue weighted by atomic mass is 16.5. The van der Waals surface area contributed by atoms with Gasteiger partial charge in [-0.25, -0.2) is 0 Å². The summed E-state index contributed by atoms with van der Waals surface area (Å²) < 4.78 is 6.79. The molecule has 1 aliphatic rings. The molecule has 0 saturated carbocycles. The lowest BCUT2D eigenvalue weighted by atomic mass is 9.79. The fraction of sp³-hybridized carbons (Fsp3) is 0.476. The standard InChI is InChI=1S/C42H57NO2/c1-26(2)20-33-24-37(43(13)36-19-18-32(23-34(33)36)31-16-14-27(3)15-17-31)35-22-28(4)21-29(5)40(35)30(6)45-39(42(10,11)12)25-38(44)41(7,8)9/h14-19,21-24,26,37-39,44H,6,20,25H2,1-5,7-13H3. The highest BCUT2D eigenvalue weighted by molar-refractivity contribution is 5.85. The molecule has 3 unspecified atom stereocenters. The zero-order chi connectivity index (χ0) is 33.4. The molecular formula is C42H57NO2. The van der Waals surface area contributed by atoms with Gasteiger partial charge >= 0.3 is 0 Å². The number of likely N-dealkylation sites (N-methyl/N-ethyl adjacent to an activating group) is 1. The maximum absolute atomic E-state index is 11.1. The molecule has 0 saturated heterocycles. The third-order valence-electron chi connectivity index (χ3n) is 9.31. The Balaban J connectivity index is 1.79. The van der Waals surface area contributed by atoms with E-state index in [-0.39, 0.29) is 23.0 Å². The summed E-state index contributed by atoms with van der Waals surface area (Å²) in [7, 11) is 2.21. The average Bonchev–Trinajstić information content (AvgIpc) is 2.92. The molecule has 242 valence electrons. The Bertz CT molecular complexity index is 1550. The summed E-state index contributed by atoms with van der Waals surface area (Å²) in [6.45, 7) is 28.4. The quantitative estimate of drug-likeness (QED) is 0.246. The molecule has 1 heterocycles. The van der Waals surface area contributed by atoms with E-state index < -0.39 is 6.10 Å². The maximum Gasteiger partial charge on any atom is 0.120 e. The van der Waals surface area contributed by atoms with Gasteiger partial charge in [-0.3, -0.25) is 0 Å². The van der Waals surface area contributed by atoms with Crippen molar-refractivity contribution in [1.82, 2.24) is 0 Å². The molecule has 0 fully saturated rings. The van der Waals surface area contributed by atoms with E-state index in [1.165, 1.54) is 44.6 Å². The maximum atomic E-state index is 11.1. The van der Waals surface area contributed by atoms with Crippen molar-refractivity contribution in [3.8, 4) is 11.1 Å². The normalized spacial score (nSPS) is 16.7. The van der Waals surface area contributed by atoms with E-state index in [1.807, 2.05) is 0 Å². The van der Waals surface area contributed by atoms with Crippen LogP contribution >= 0.6 is 0 Å². The molecule has 1 N–H and O–H groups in total. The largest absolute Gasteiger partial charge is 0.490 e. The predicted molar refractivity (Wildman–Crippen MR) is 195 cm³/mol. The van der Waals surface area contributed by atoms with Crippen molar-refractivity contribution in [2.75, 3.05) is 11.9 Å². The van der Waals surface area contributed by atoms with Gasteiger partial charge in [0.05, 0.1) is 12.1 Å². The first kappa shape index (κ1) is 34.6. The van der Waals surface area contributed by atoms with Crippen LogP contribution in [0.1, 0.15) is 108 Å². The molecule has 0 radical (unpaired) electrons. The number of benzene rings is 3. The number of hydrogen-bond acceptors (Lipinski definition) is 3. The van der Waals surface area contributed by atoms with Crippen LogP contribution in [0.4, 0.5) is 5.69 Å². The molecule has 4 rings (SSSR count). The molecular weight excluding hydrogens is 550 g/mol. The van der Waals surface area contributed by atoms with E-state index in [9.17, 15) is 5.11 Å². The van der Waals surface area contributed by atoms with Crippen molar-refractivity contribution in [3.63, 3.8) is 0 Å². The lowest BCUT2D eigenvalue weighted by Crippen LogP contribution is -2.37. The van der Waals surface area contributed by atoms with E-state index in [1.54, 1.807) is 0 Å². The summed E-state index contributed by atoms with van der Waals surface area (Å²) in [5, 5.41) is 11.1. The van der Waals surface area contributed by atoms with Gasteiger partial charge in [0.1, 0.15) is 11.9 Å². The van der Waals surface area contributed by atoms with Gasteiger partial charge in [0.15, 0.2) is 0 Å². The topological polar surface area (TPSA) is 32.7 Å². The first-order chi connectivity index (χ1) is 20.9. The van der Waals surface area contributed by atoms with Gasteiger partial charge in [0.25, 0.3) is 0 Å². The van der Waals surface area contributed by atoms with Crippen LogP contribution in [0, 0.1) is 37.5 Å². The molecule has 3 aromatic carbocycles. The number of hydrogen-bond donors (Lipinski definition) is 1. The van der Waals surface area contributed by atoms with E-state index in [0.29, 0.717) is 18.1 Å². The molecule has 0 spiro atoms. The highest BCUT2D eigenvalue weighted by Crippen LogP contribution is 2.46. The summed E-state index contributed by atoms with van der Waals surface area (Å²) in [5.74, 6) is 1.20. The van der Waals surface area contributed by atoms with Gasteiger partial charge in [-0.1, -0.05) is 122 Å². The Hall–Kier alpha value is -3.30. The Morgan fingerprint density at radius 1 is 0.867 bits per heavy atom. The second-order valence-electron chi connectivity index (χ2n) is 16.0. The number of fused-ring (bicyclic) bond motifs is 1. The van der Waals surface area contributed by atoms with E-state index in [0.717, 1.165) is 17.5 Å². The van der Waals surface area contributed by atoms with Crippen LogP contribution in [-0.2, 0) is 4.74 Å². The summed E-state index contributed by atoms with van der Waals surface area (Å²) in [4.78, 5) is 2.41. The SMILES string of the molecule is C=C(OC(CC(O)C(C)(C)C)C(C)(C)C)c1c(C)cc(C)cc1C1C=C(CC(C)C)c2cc(-c3ccc(C)cc3)ccc2N1C. The van der Waals surface area contributed by atoms with E-state index >= 15 is 0 Å². The molecule has 3 nitrogen and oxygen atoms in total. The zero-order valence-electron chi connectivity index (χ0n) is 30.0. The number of aliphatic hydroxyl groups is 1. The van der Waals surface area contributed by atoms with Crippen LogP contribution in [-0.4, -0.2) is 24.4 Å². The van der Waals surface area contributed by atoms with Crippen LogP contribution in [0.5, 0.6) is 0 Å². The first-order valence-electron chi connectivity index (χ1n) is 16.7. The monoisotopic (exact) mass is 607 g/mol. The van der Waals surface area contributed by atoms with Crippen LogP contribution < -0.4 is 4.90 Å². The van der Waals surface area contributed by atoms with Gasteiger partial charge in [-0.2, -0.15) is 0 Å². The third kappa shape index (κ3) is 7.93. The molecule has 45 heavy (non-hydrogen) atoms. The van der Waals surface area contributed by atoms with Crippen molar-refractivity contribution in [1.29, 1.82) is 0 Å². The molecule has 1 aliphatic heterocycles. The fourth-order valence-corrected chi connectivity index (χ4v) is 6.46. The molecule has 0 aliphatic carbocycles. The van der Waals surface area contributed by atoms with Gasteiger partial charge in [-0.15, -0.1) is 0 Å². The van der Waals surface area contributed by atoms with Crippen LogP contribution in [0.2, 0.25) is 0 Å². The summed E-state index contributed by atoms with van der Waals surface area (Å²) in [6, 6.07) is 20.3. The third-order valence-corrected chi connectivity index (χ3v) is 9.31. The Morgan fingerprint density at radius 3 is 2.07 bits per heavy atom. The van der Waals surface area contributed by atoms with Crippen molar-refractivity contribution >= 4 is 17.0 Å². The zero-order valence-corrected chi connectivity index (χ0v) is 30.0. The Kier molecular flexibility index (Phi) is 10.1. The van der Waals surface area contributed by atoms with Gasteiger partial charge < -0.3 is 14.7 Å².